The Hall–Kier alpha value is -2.53. The van der Waals surface area contributed by atoms with E-state index in [4.69, 9.17) is 14.8 Å². The quantitative estimate of drug-likeness (QED) is 0.688. The summed E-state index contributed by atoms with van der Waals surface area (Å²) in [5, 5.41) is 14.2. The highest BCUT2D eigenvalue weighted by Gasteiger charge is 2.18. The normalized spacial score (nSPS) is 12.3. The number of aromatic nitrogens is 1. The molecule has 0 spiro atoms. The van der Waals surface area contributed by atoms with Crippen LogP contribution in [0.15, 0.2) is 62.8 Å². The number of aryl methyl sites for hydroxylation is 1. The molecule has 10 heteroatoms. The lowest BCUT2D eigenvalue weighted by Crippen LogP contribution is -2.11. The third kappa shape index (κ3) is 3.53. The highest BCUT2D eigenvalue weighted by atomic mass is 32.2. The van der Waals surface area contributed by atoms with E-state index < -0.39 is 20.0 Å². The molecule has 136 valence electrons. The maximum absolute atomic E-state index is 11.4. The van der Waals surface area contributed by atoms with Gasteiger partial charge in [-0.25, -0.2) is 27.1 Å². The second kappa shape index (κ2) is 6.32. The fourth-order valence-electron chi connectivity index (χ4n) is 2.52. The predicted octanol–water partition coefficient (Wildman–Crippen LogP) is 1.61. The van der Waals surface area contributed by atoms with Crippen LogP contribution in [0.3, 0.4) is 0 Å². The van der Waals surface area contributed by atoms with Crippen molar-refractivity contribution in [1.82, 2.24) is 5.16 Å². The van der Waals surface area contributed by atoms with Gasteiger partial charge in [0.05, 0.1) is 15.4 Å². The smallest absolute Gasteiger partial charge is 0.238 e. The molecule has 3 rings (SSSR count). The highest BCUT2D eigenvalue weighted by molar-refractivity contribution is 7.89. The lowest BCUT2D eigenvalue weighted by Gasteiger charge is -2.05. The lowest BCUT2D eigenvalue weighted by molar-refractivity contribution is 0.400. The Morgan fingerprint density at radius 3 is 1.62 bits per heavy atom. The van der Waals surface area contributed by atoms with Crippen LogP contribution >= 0.6 is 0 Å². The molecule has 0 saturated heterocycles. The van der Waals surface area contributed by atoms with E-state index in [2.05, 4.69) is 5.16 Å². The number of nitrogens with zero attached hydrogens (tertiary/aromatic N) is 1. The minimum atomic E-state index is -3.79. The van der Waals surface area contributed by atoms with Gasteiger partial charge in [-0.05, 0) is 36.8 Å². The first-order valence-electron chi connectivity index (χ1n) is 7.30. The van der Waals surface area contributed by atoms with Crippen molar-refractivity contribution < 1.29 is 21.4 Å². The van der Waals surface area contributed by atoms with Gasteiger partial charge in [0.2, 0.25) is 20.0 Å². The van der Waals surface area contributed by atoms with Crippen LogP contribution in [0.2, 0.25) is 0 Å². The number of rotatable bonds is 4. The Labute approximate surface area is 150 Å². The zero-order valence-corrected chi connectivity index (χ0v) is 15.2. The van der Waals surface area contributed by atoms with Crippen LogP contribution in [0.5, 0.6) is 0 Å². The van der Waals surface area contributed by atoms with E-state index in [9.17, 15) is 16.8 Å². The van der Waals surface area contributed by atoms with Crippen molar-refractivity contribution in [2.75, 3.05) is 0 Å². The van der Waals surface area contributed by atoms with E-state index in [0.717, 1.165) is 0 Å². The molecule has 0 radical (unpaired) electrons. The number of hydrogen-bond acceptors (Lipinski definition) is 6. The van der Waals surface area contributed by atoms with Crippen LogP contribution in [-0.4, -0.2) is 22.0 Å². The average Bonchev–Trinajstić information content (AvgIpc) is 2.95. The zero-order chi connectivity index (χ0) is 19.1. The van der Waals surface area contributed by atoms with E-state index >= 15 is 0 Å². The first-order valence-corrected chi connectivity index (χ1v) is 10.4. The van der Waals surface area contributed by atoms with Gasteiger partial charge in [0.1, 0.15) is 11.5 Å². The van der Waals surface area contributed by atoms with Crippen LogP contribution in [0, 0.1) is 6.92 Å². The molecule has 2 aromatic carbocycles. The van der Waals surface area contributed by atoms with Crippen LogP contribution in [0.25, 0.3) is 22.4 Å². The number of nitrogens with two attached hydrogens (primary N) is 2. The molecule has 0 saturated carbocycles. The van der Waals surface area contributed by atoms with Crippen molar-refractivity contribution in [1.29, 1.82) is 0 Å². The van der Waals surface area contributed by atoms with Crippen molar-refractivity contribution in [2.45, 2.75) is 16.7 Å². The molecular weight excluding hydrogens is 378 g/mol. The van der Waals surface area contributed by atoms with Crippen LogP contribution < -0.4 is 10.3 Å². The third-order valence-electron chi connectivity index (χ3n) is 3.79. The zero-order valence-electron chi connectivity index (χ0n) is 13.6. The van der Waals surface area contributed by atoms with E-state index in [1.807, 2.05) is 0 Å². The molecule has 8 nitrogen and oxygen atoms in total. The SMILES string of the molecule is Cc1onc(-c2ccc(S(N)(=O)=O)cc2)c1-c1ccc(S(N)(=O)=O)cc1. The first kappa shape index (κ1) is 18.3. The summed E-state index contributed by atoms with van der Waals surface area (Å²) in [7, 11) is -7.58. The molecule has 3 aromatic rings. The largest absolute Gasteiger partial charge is 0.360 e. The van der Waals surface area contributed by atoms with Gasteiger partial charge in [0.25, 0.3) is 0 Å². The topological polar surface area (TPSA) is 146 Å². The molecule has 1 aromatic heterocycles. The van der Waals surface area contributed by atoms with E-state index in [-0.39, 0.29) is 9.79 Å². The second-order valence-corrected chi connectivity index (χ2v) is 8.72. The molecule has 4 N–H and O–H groups in total. The fraction of sp³-hybridized carbons (Fsp3) is 0.0625. The van der Waals surface area contributed by atoms with Crippen molar-refractivity contribution in [3.8, 4) is 22.4 Å². The summed E-state index contributed by atoms with van der Waals surface area (Å²) in [5.74, 6) is 0.527. The number of sulfonamides is 2. The molecule has 0 aliphatic heterocycles. The monoisotopic (exact) mass is 393 g/mol. The summed E-state index contributed by atoms with van der Waals surface area (Å²) >= 11 is 0. The van der Waals surface area contributed by atoms with Gasteiger partial charge in [-0.1, -0.05) is 29.4 Å². The van der Waals surface area contributed by atoms with Gasteiger partial charge < -0.3 is 4.52 Å². The summed E-state index contributed by atoms with van der Waals surface area (Å²) in [6.07, 6.45) is 0. The molecule has 0 unspecified atom stereocenters. The number of hydrogen-bond donors (Lipinski definition) is 2. The molecule has 0 atom stereocenters. The lowest BCUT2D eigenvalue weighted by atomic mass is 10.00. The van der Waals surface area contributed by atoms with Crippen LogP contribution in [-0.2, 0) is 20.0 Å². The van der Waals surface area contributed by atoms with Gasteiger partial charge in [0.15, 0.2) is 0 Å². The Bertz CT molecular complexity index is 1160. The molecular formula is C16H15N3O5S2. The second-order valence-electron chi connectivity index (χ2n) is 5.60. The van der Waals surface area contributed by atoms with Gasteiger partial charge in [-0.2, -0.15) is 0 Å². The van der Waals surface area contributed by atoms with Gasteiger partial charge in [-0.15, -0.1) is 0 Å². The van der Waals surface area contributed by atoms with Crippen LogP contribution in [0.1, 0.15) is 5.76 Å². The molecule has 0 amide bonds. The molecule has 0 aliphatic carbocycles. The number of primary sulfonamides is 2. The average molecular weight is 393 g/mol. The molecule has 0 aliphatic rings. The van der Waals surface area contributed by atoms with Gasteiger partial charge in [0, 0.05) is 5.56 Å². The summed E-state index contributed by atoms with van der Waals surface area (Å²) in [5.41, 5.74) is 2.46. The van der Waals surface area contributed by atoms with Crippen molar-refractivity contribution in [3.63, 3.8) is 0 Å². The van der Waals surface area contributed by atoms with Crippen molar-refractivity contribution in [2.24, 2.45) is 10.3 Å². The van der Waals surface area contributed by atoms with E-state index in [1.165, 1.54) is 24.3 Å². The molecule has 0 bridgehead atoms. The van der Waals surface area contributed by atoms with E-state index in [0.29, 0.717) is 28.1 Å². The predicted molar refractivity (Wildman–Crippen MR) is 94.9 cm³/mol. The van der Waals surface area contributed by atoms with Crippen molar-refractivity contribution in [3.05, 3.63) is 54.3 Å². The van der Waals surface area contributed by atoms with Gasteiger partial charge >= 0.3 is 0 Å². The minimum absolute atomic E-state index is 0.00517. The molecule has 1 heterocycles. The summed E-state index contributed by atoms with van der Waals surface area (Å²) in [4.78, 5) is -0.0186. The molecule has 26 heavy (non-hydrogen) atoms. The summed E-state index contributed by atoms with van der Waals surface area (Å²) in [6, 6.07) is 11.9. The molecule has 0 fully saturated rings. The summed E-state index contributed by atoms with van der Waals surface area (Å²) < 4.78 is 50.8. The fourth-order valence-corrected chi connectivity index (χ4v) is 3.55. The summed E-state index contributed by atoms with van der Waals surface area (Å²) in [6.45, 7) is 1.72. The minimum Gasteiger partial charge on any atom is -0.360 e. The Kier molecular flexibility index (Phi) is 4.44. The first-order chi connectivity index (χ1) is 12.1. The number of benzene rings is 2. The standard InChI is InChI=1S/C16H15N3O5S2/c1-10-15(11-2-6-13(7-3-11)25(17,20)21)16(19-24-10)12-4-8-14(9-5-12)26(18,22)23/h2-9H,1H3,(H2,17,20,21)(H2,18,22,23). The van der Waals surface area contributed by atoms with E-state index in [1.54, 1.807) is 31.2 Å². The Balaban J connectivity index is 2.07. The van der Waals surface area contributed by atoms with Crippen molar-refractivity contribution >= 4 is 20.0 Å². The van der Waals surface area contributed by atoms with Gasteiger partial charge in [-0.3, -0.25) is 0 Å². The highest BCUT2D eigenvalue weighted by Crippen LogP contribution is 2.34. The third-order valence-corrected chi connectivity index (χ3v) is 5.65. The van der Waals surface area contributed by atoms with Crippen LogP contribution in [0.4, 0.5) is 0 Å². The Morgan fingerprint density at radius 2 is 1.19 bits per heavy atom. The maximum Gasteiger partial charge on any atom is 0.238 e. The maximum atomic E-state index is 11.4. The Morgan fingerprint density at radius 1 is 0.769 bits per heavy atom.